The van der Waals surface area contributed by atoms with E-state index >= 15 is 0 Å². The monoisotopic (exact) mass is 385 g/mol. The highest BCUT2D eigenvalue weighted by molar-refractivity contribution is 5.88. The van der Waals surface area contributed by atoms with Gasteiger partial charge in [-0.3, -0.25) is 9.59 Å². The second kappa shape index (κ2) is 7.32. The summed E-state index contributed by atoms with van der Waals surface area (Å²) >= 11 is 0. The van der Waals surface area contributed by atoms with Gasteiger partial charge in [0.2, 0.25) is 17.8 Å². The Morgan fingerprint density at radius 2 is 1.78 bits per heavy atom. The zero-order valence-corrected chi connectivity index (χ0v) is 14.9. The summed E-state index contributed by atoms with van der Waals surface area (Å²) in [6.07, 6.45) is -0.921. The predicted molar refractivity (Wildman–Crippen MR) is 90.4 cm³/mol. The Balaban J connectivity index is 1.58. The first-order valence-corrected chi connectivity index (χ1v) is 8.92. The molecule has 2 fully saturated rings. The van der Waals surface area contributed by atoms with Crippen LogP contribution in [0.1, 0.15) is 31.7 Å². The van der Waals surface area contributed by atoms with E-state index in [2.05, 4.69) is 9.97 Å². The molecule has 3 heterocycles. The Hall–Kier alpha value is -2.39. The lowest BCUT2D eigenvalue weighted by Crippen LogP contribution is -2.47. The van der Waals surface area contributed by atoms with E-state index in [0.29, 0.717) is 38.9 Å². The van der Waals surface area contributed by atoms with Crippen LogP contribution in [-0.2, 0) is 15.8 Å². The number of aromatic nitrogens is 2. The number of nitrogens with two attached hydrogens (primary N) is 1. The lowest BCUT2D eigenvalue weighted by Gasteiger charge is -2.37. The van der Waals surface area contributed by atoms with Crippen molar-refractivity contribution in [3.63, 3.8) is 0 Å². The van der Waals surface area contributed by atoms with Gasteiger partial charge in [0, 0.05) is 44.0 Å². The van der Waals surface area contributed by atoms with Crippen molar-refractivity contribution in [1.82, 2.24) is 14.9 Å². The molecule has 2 atom stereocenters. The minimum Gasteiger partial charge on any atom is -0.369 e. The van der Waals surface area contributed by atoms with Crippen LogP contribution in [0, 0.1) is 11.8 Å². The lowest BCUT2D eigenvalue weighted by atomic mass is 9.92. The van der Waals surface area contributed by atoms with Gasteiger partial charge in [0.15, 0.2) is 0 Å². The van der Waals surface area contributed by atoms with Crippen molar-refractivity contribution in [3.8, 4) is 0 Å². The number of primary amides is 1. The van der Waals surface area contributed by atoms with E-state index in [-0.39, 0.29) is 23.8 Å². The molecule has 2 amide bonds. The molecule has 0 bridgehead atoms. The van der Waals surface area contributed by atoms with Crippen LogP contribution in [0.25, 0.3) is 0 Å². The van der Waals surface area contributed by atoms with Crippen molar-refractivity contribution in [2.24, 2.45) is 17.6 Å². The number of anilines is 1. The second-order valence-electron chi connectivity index (χ2n) is 7.11. The molecule has 1 aromatic rings. The van der Waals surface area contributed by atoms with E-state index in [1.807, 2.05) is 9.80 Å². The molecule has 0 aliphatic carbocycles. The van der Waals surface area contributed by atoms with Crippen molar-refractivity contribution in [2.75, 3.05) is 24.5 Å². The quantitative estimate of drug-likeness (QED) is 0.847. The van der Waals surface area contributed by atoms with Gasteiger partial charge in [0.25, 0.3) is 0 Å². The minimum absolute atomic E-state index is 0.0365. The molecule has 2 N–H and O–H groups in total. The number of likely N-dealkylation sites (tertiary alicyclic amines) is 1. The highest BCUT2D eigenvalue weighted by Crippen LogP contribution is 2.31. The topological polar surface area (TPSA) is 92.4 Å². The number of amides is 2. The first-order valence-electron chi connectivity index (χ1n) is 8.92. The Bertz CT molecular complexity index is 702. The number of carbonyl (C=O) groups excluding carboxylic acids is 2. The van der Waals surface area contributed by atoms with Crippen molar-refractivity contribution in [2.45, 2.75) is 38.4 Å². The first-order chi connectivity index (χ1) is 12.7. The number of hydrogen-bond acceptors (Lipinski definition) is 5. The van der Waals surface area contributed by atoms with Crippen LogP contribution < -0.4 is 10.6 Å². The van der Waals surface area contributed by atoms with Crippen molar-refractivity contribution >= 4 is 17.8 Å². The molecule has 2 saturated heterocycles. The van der Waals surface area contributed by atoms with Gasteiger partial charge < -0.3 is 15.5 Å². The Kier molecular flexibility index (Phi) is 5.25. The molecule has 10 heteroatoms. The molecule has 0 radical (unpaired) electrons. The fraction of sp³-hybridized carbons (Fsp3) is 0.647. The summed E-state index contributed by atoms with van der Waals surface area (Å²) in [7, 11) is 0. The second-order valence-corrected chi connectivity index (χ2v) is 7.11. The minimum atomic E-state index is -4.46. The highest BCUT2D eigenvalue weighted by Gasteiger charge is 2.41. The lowest BCUT2D eigenvalue weighted by molar-refractivity contribution is -0.138. The van der Waals surface area contributed by atoms with Gasteiger partial charge in [-0.1, -0.05) is 6.92 Å². The molecule has 27 heavy (non-hydrogen) atoms. The van der Waals surface area contributed by atoms with Crippen LogP contribution in [0.2, 0.25) is 0 Å². The maximum Gasteiger partial charge on any atom is 0.419 e. The van der Waals surface area contributed by atoms with Crippen LogP contribution in [0.15, 0.2) is 12.4 Å². The van der Waals surface area contributed by atoms with E-state index in [0.717, 1.165) is 12.4 Å². The van der Waals surface area contributed by atoms with Crippen molar-refractivity contribution in [3.05, 3.63) is 18.0 Å². The normalized spacial score (nSPS) is 23.0. The van der Waals surface area contributed by atoms with Crippen LogP contribution >= 0.6 is 0 Å². The van der Waals surface area contributed by atoms with Gasteiger partial charge in [0.05, 0.1) is 11.5 Å². The van der Waals surface area contributed by atoms with E-state index in [9.17, 15) is 22.8 Å². The third-order valence-electron chi connectivity index (χ3n) is 5.49. The van der Waals surface area contributed by atoms with E-state index in [1.165, 1.54) is 0 Å². The fourth-order valence-corrected chi connectivity index (χ4v) is 3.76. The zero-order chi connectivity index (χ0) is 19.8. The van der Waals surface area contributed by atoms with Gasteiger partial charge in [-0.25, -0.2) is 9.97 Å². The third-order valence-corrected chi connectivity index (χ3v) is 5.49. The molecule has 3 rings (SSSR count). The molecule has 0 saturated carbocycles. The van der Waals surface area contributed by atoms with Gasteiger partial charge in [-0.2, -0.15) is 13.2 Å². The summed E-state index contributed by atoms with van der Waals surface area (Å²) in [6, 6.07) is 0.0493. The molecule has 1 aromatic heterocycles. The molecule has 0 aromatic carbocycles. The number of halogens is 3. The van der Waals surface area contributed by atoms with Crippen LogP contribution in [0.4, 0.5) is 19.1 Å². The number of piperidine rings is 1. The summed E-state index contributed by atoms with van der Waals surface area (Å²) in [5.74, 6) is -1.09. The standard InChI is InChI=1S/C17H22F3N5O2/c1-10(14(21)26)13-4-7-25(15(13)27)12-2-5-24(6-3-12)16-22-8-11(9-23-16)17(18,19)20/h8-10,12-13H,2-7H2,1H3,(H2,21,26)/t10?,13-/m1/s1. The predicted octanol–water partition coefficient (Wildman–Crippen LogP) is 1.43. The third kappa shape index (κ3) is 3.98. The van der Waals surface area contributed by atoms with E-state index in [1.54, 1.807) is 6.92 Å². The summed E-state index contributed by atoms with van der Waals surface area (Å²) in [5.41, 5.74) is 4.44. The van der Waals surface area contributed by atoms with E-state index < -0.39 is 23.6 Å². The molecule has 2 aliphatic rings. The van der Waals surface area contributed by atoms with Gasteiger partial charge in [0.1, 0.15) is 0 Å². The molecule has 1 unspecified atom stereocenters. The Morgan fingerprint density at radius 3 is 2.30 bits per heavy atom. The van der Waals surface area contributed by atoms with Gasteiger partial charge in [-0.05, 0) is 19.3 Å². The summed E-state index contributed by atoms with van der Waals surface area (Å²) in [5, 5.41) is 0. The zero-order valence-electron chi connectivity index (χ0n) is 14.9. The average molecular weight is 385 g/mol. The molecular weight excluding hydrogens is 363 g/mol. The maximum atomic E-state index is 12.6. The summed E-state index contributed by atoms with van der Waals surface area (Å²) < 4.78 is 37.8. The van der Waals surface area contributed by atoms with Crippen LogP contribution in [-0.4, -0.2) is 52.4 Å². The maximum absolute atomic E-state index is 12.6. The Morgan fingerprint density at radius 1 is 1.19 bits per heavy atom. The number of rotatable bonds is 4. The number of carbonyl (C=O) groups is 2. The van der Waals surface area contributed by atoms with Gasteiger partial charge in [-0.15, -0.1) is 0 Å². The molecule has 0 spiro atoms. The molecular formula is C17H22F3N5O2. The van der Waals surface area contributed by atoms with Crippen LogP contribution in [0.5, 0.6) is 0 Å². The van der Waals surface area contributed by atoms with E-state index in [4.69, 9.17) is 5.73 Å². The molecule has 7 nitrogen and oxygen atoms in total. The van der Waals surface area contributed by atoms with Crippen molar-refractivity contribution in [1.29, 1.82) is 0 Å². The smallest absolute Gasteiger partial charge is 0.369 e. The van der Waals surface area contributed by atoms with Crippen molar-refractivity contribution < 1.29 is 22.8 Å². The average Bonchev–Trinajstić information content (AvgIpc) is 3.02. The van der Waals surface area contributed by atoms with Gasteiger partial charge >= 0.3 is 6.18 Å². The first kappa shape index (κ1) is 19.4. The fourth-order valence-electron chi connectivity index (χ4n) is 3.76. The molecule has 148 valence electrons. The number of alkyl halides is 3. The number of hydrogen-bond donors (Lipinski definition) is 1. The largest absolute Gasteiger partial charge is 0.419 e. The molecule has 2 aliphatic heterocycles. The van der Waals surface area contributed by atoms with Crippen LogP contribution in [0.3, 0.4) is 0 Å². The summed E-state index contributed by atoms with van der Waals surface area (Å²) in [6.45, 7) is 3.38. The summed E-state index contributed by atoms with van der Waals surface area (Å²) in [4.78, 5) is 35.3. The highest BCUT2D eigenvalue weighted by atomic mass is 19.4. The number of nitrogens with zero attached hydrogens (tertiary/aromatic N) is 4. The SMILES string of the molecule is CC(C(N)=O)[C@H]1CCN(C2CCN(c3ncc(C(F)(F)F)cn3)CC2)C1=O. The Labute approximate surface area is 154 Å².